The molecule has 0 heterocycles. The highest BCUT2D eigenvalue weighted by atomic mass is 19.4. The summed E-state index contributed by atoms with van der Waals surface area (Å²) >= 11 is 0. The van der Waals surface area contributed by atoms with Crippen LogP contribution in [0.3, 0.4) is 0 Å². The van der Waals surface area contributed by atoms with Gasteiger partial charge < -0.3 is 11.1 Å². The molecule has 1 atom stereocenters. The molecule has 21 heavy (non-hydrogen) atoms. The van der Waals surface area contributed by atoms with E-state index in [1.165, 1.54) is 4.90 Å². The Balaban J connectivity index is 4.48. The monoisotopic (exact) mass is 311 g/mol. The van der Waals surface area contributed by atoms with E-state index in [4.69, 9.17) is 5.73 Å². The molecule has 0 spiro atoms. The molecule has 126 valence electrons. The third-order valence-corrected chi connectivity index (χ3v) is 3.24. The number of nitrogens with zero attached hydrogens (tertiary/aromatic N) is 1. The van der Waals surface area contributed by atoms with Crippen LogP contribution in [0.25, 0.3) is 0 Å². The van der Waals surface area contributed by atoms with Crippen molar-refractivity contribution in [2.24, 2.45) is 5.73 Å². The SMILES string of the molecule is CCCN(CCCC(C)(NC(C)C)C(N)=O)CC(F)(F)F. The van der Waals surface area contributed by atoms with Crippen LogP contribution in [0.4, 0.5) is 13.2 Å². The molecule has 1 amide bonds. The average molecular weight is 311 g/mol. The van der Waals surface area contributed by atoms with Crippen LogP contribution in [-0.2, 0) is 4.79 Å². The fraction of sp³-hybridized carbons (Fsp3) is 0.929. The molecule has 0 fully saturated rings. The number of primary amides is 1. The Morgan fingerprint density at radius 1 is 1.29 bits per heavy atom. The molecular weight excluding hydrogens is 283 g/mol. The number of hydrogen-bond donors (Lipinski definition) is 2. The van der Waals surface area contributed by atoms with Crippen molar-refractivity contribution in [1.82, 2.24) is 10.2 Å². The number of halogens is 3. The van der Waals surface area contributed by atoms with Crippen LogP contribution in [0, 0.1) is 0 Å². The zero-order valence-corrected chi connectivity index (χ0v) is 13.4. The molecule has 0 aliphatic rings. The van der Waals surface area contributed by atoms with Crippen LogP contribution in [0.5, 0.6) is 0 Å². The van der Waals surface area contributed by atoms with Crippen LogP contribution in [0.2, 0.25) is 0 Å². The fourth-order valence-electron chi connectivity index (χ4n) is 2.40. The molecule has 1 unspecified atom stereocenters. The summed E-state index contributed by atoms with van der Waals surface area (Å²) in [6.07, 6.45) is -2.64. The molecule has 0 aliphatic carbocycles. The van der Waals surface area contributed by atoms with Gasteiger partial charge in [0, 0.05) is 6.04 Å². The van der Waals surface area contributed by atoms with Crippen molar-refractivity contribution in [2.75, 3.05) is 19.6 Å². The molecule has 0 rings (SSSR count). The van der Waals surface area contributed by atoms with Gasteiger partial charge in [-0.3, -0.25) is 9.69 Å². The summed E-state index contributed by atoms with van der Waals surface area (Å²) in [6, 6.07) is 0.0735. The van der Waals surface area contributed by atoms with Crippen molar-refractivity contribution >= 4 is 5.91 Å². The van der Waals surface area contributed by atoms with Gasteiger partial charge in [-0.25, -0.2) is 0 Å². The van der Waals surface area contributed by atoms with Gasteiger partial charge in [0.1, 0.15) is 0 Å². The first-order valence-corrected chi connectivity index (χ1v) is 7.37. The Morgan fingerprint density at radius 3 is 2.24 bits per heavy atom. The topological polar surface area (TPSA) is 58.4 Å². The van der Waals surface area contributed by atoms with Gasteiger partial charge in [0.25, 0.3) is 0 Å². The first kappa shape index (κ1) is 20.2. The molecule has 0 radical (unpaired) electrons. The Kier molecular flexibility index (Phi) is 8.25. The van der Waals surface area contributed by atoms with E-state index in [-0.39, 0.29) is 6.04 Å². The Hall–Kier alpha value is -0.820. The number of nitrogens with two attached hydrogens (primary N) is 1. The van der Waals surface area contributed by atoms with Crippen molar-refractivity contribution in [3.63, 3.8) is 0 Å². The predicted octanol–water partition coefficient (Wildman–Crippen LogP) is 2.28. The maximum Gasteiger partial charge on any atom is 0.401 e. The van der Waals surface area contributed by atoms with Gasteiger partial charge in [0.2, 0.25) is 5.91 Å². The van der Waals surface area contributed by atoms with Gasteiger partial charge in [-0.15, -0.1) is 0 Å². The molecule has 0 bridgehead atoms. The number of amides is 1. The van der Waals surface area contributed by atoms with Crippen molar-refractivity contribution in [1.29, 1.82) is 0 Å². The number of alkyl halides is 3. The molecule has 3 N–H and O–H groups in total. The molecule has 7 heteroatoms. The zero-order chi connectivity index (χ0) is 16.7. The second-order valence-corrected chi connectivity index (χ2v) is 5.99. The summed E-state index contributed by atoms with van der Waals surface area (Å²) in [5.74, 6) is -0.478. The predicted molar refractivity (Wildman–Crippen MR) is 77.9 cm³/mol. The van der Waals surface area contributed by atoms with Crippen LogP contribution >= 0.6 is 0 Å². The Labute approximate surface area is 125 Å². The standard InChI is InChI=1S/C14H28F3N3O/c1-5-8-20(10-14(15,16)17)9-6-7-13(4,12(18)21)19-11(2)3/h11,19H,5-10H2,1-4H3,(H2,18,21). The van der Waals surface area contributed by atoms with Crippen LogP contribution in [0.15, 0.2) is 0 Å². The average Bonchev–Trinajstić information content (AvgIpc) is 2.25. The summed E-state index contributed by atoms with van der Waals surface area (Å²) in [4.78, 5) is 12.9. The van der Waals surface area contributed by atoms with E-state index in [0.29, 0.717) is 32.4 Å². The van der Waals surface area contributed by atoms with Crippen LogP contribution in [-0.4, -0.2) is 48.2 Å². The molecule has 0 aliphatic heterocycles. The lowest BCUT2D eigenvalue weighted by Gasteiger charge is -2.31. The van der Waals surface area contributed by atoms with Gasteiger partial charge in [-0.2, -0.15) is 13.2 Å². The molecule has 0 saturated carbocycles. The quantitative estimate of drug-likeness (QED) is 0.651. The third kappa shape index (κ3) is 8.93. The Morgan fingerprint density at radius 2 is 1.86 bits per heavy atom. The van der Waals surface area contributed by atoms with E-state index < -0.39 is 24.2 Å². The fourth-order valence-corrected chi connectivity index (χ4v) is 2.40. The van der Waals surface area contributed by atoms with Gasteiger partial charge in [0.05, 0.1) is 12.1 Å². The van der Waals surface area contributed by atoms with E-state index in [9.17, 15) is 18.0 Å². The van der Waals surface area contributed by atoms with Gasteiger partial charge in [-0.05, 0) is 53.1 Å². The summed E-state index contributed by atoms with van der Waals surface area (Å²) in [7, 11) is 0. The number of carbonyl (C=O) groups is 1. The second kappa shape index (κ2) is 8.58. The smallest absolute Gasteiger partial charge is 0.368 e. The molecule has 0 saturated heterocycles. The number of hydrogen-bond acceptors (Lipinski definition) is 3. The minimum atomic E-state index is -4.20. The van der Waals surface area contributed by atoms with Crippen molar-refractivity contribution in [3.05, 3.63) is 0 Å². The number of carbonyl (C=O) groups excluding carboxylic acids is 1. The number of rotatable bonds is 10. The van der Waals surface area contributed by atoms with E-state index in [1.807, 2.05) is 20.8 Å². The lowest BCUT2D eigenvalue weighted by atomic mass is 9.93. The highest BCUT2D eigenvalue weighted by molar-refractivity contribution is 5.84. The van der Waals surface area contributed by atoms with Gasteiger partial charge in [0.15, 0.2) is 0 Å². The first-order valence-electron chi connectivity index (χ1n) is 7.37. The minimum Gasteiger partial charge on any atom is -0.368 e. The Bertz CT molecular complexity index is 321. The molecular formula is C14H28F3N3O. The summed E-state index contributed by atoms with van der Waals surface area (Å²) in [5, 5.41) is 3.09. The second-order valence-electron chi connectivity index (χ2n) is 5.99. The molecule has 0 aromatic rings. The van der Waals surface area contributed by atoms with Crippen LogP contribution < -0.4 is 11.1 Å². The third-order valence-electron chi connectivity index (χ3n) is 3.24. The lowest BCUT2D eigenvalue weighted by Crippen LogP contribution is -2.55. The molecule has 0 aromatic heterocycles. The van der Waals surface area contributed by atoms with Crippen molar-refractivity contribution in [3.8, 4) is 0 Å². The number of nitrogens with one attached hydrogen (secondary N) is 1. The first-order chi connectivity index (χ1) is 9.50. The van der Waals surface area contributed by atoms with E-state index in [1.54, 1.807) is 6.92 Å². The van der Waals surface area contributed by atoms with E-state index in [2.05, 4.69) is 5.32 Å². The zero-order valence-electron chi connectivity index (χ0n) is 13.4. The van der Waals surface area contributed by atoms with Crippen molar-refractivity contribution < 1.29 is 18.0 Å². The van der Waals surface area contributed by atoms with Crippen molar-refractivity contribution in [2.45, 2.75) is 64.7 Å². The van der Waals surface area contributed by atoms with E-state index >= 15 is 0 Å². The minimum absolute atomic E-state index is 0.0735. The lowest BCUT2D eigenvalue weighted by molar-refractivity contribution is -0.146. The van der Waals surface area contributed by atoms with E-state index in [0.717, 1.165) is 0 Å². The highest BCUT2D eigenvalue weighted by Gasteiger charge is 2.33. The normalized spacial score (nSPS) is 15.5. The summed E-state index contributed by atoms with van der Waals surface area (Å²) in [6.45, 7) is 7.12. The highest BCUT2D eigenvalue weighted by Crippen LogP contribution is 2.18. The molecule has 4 nitrogen and oxygen atoms in total. The van der Waals surface area contributed by atoms with Gasteiger partial charge >= 0.3 is 6.18 Å². The maximum absolute atomic E-state index is 12.5. The maximum atomic E-state index is 12.5. The van der Waals surface area contributed by atoms with Gasteiger partial charge in [-0.1, -0.05) is 6.92 Å². The molecule has 0 aromatic carbocycles. The summed E-state index contributed by atoms with van der Waals surface area (Å²) < 4.78 is 37.4. The van der Waals surface area contributed by atoms with Crippen LogP contribution in [0.1, 0.15) is 47.0 Å². The summed E-state index contributed by atoms with van der Waals surface area (Å²) in [5.41, 5.74) is 4.52. The largest absolute Gasteiger partial charge is 0.401 e.